The standard InChI is InChI=1S/C15H21BrOSi/c1-15(2,10-11-18(3,4)5)14(17)12-6-8-13(16)9-7-12/h6-9,14,17H,1-5H3/t14-/m1/s1. The molecule has 1 nitrogen and oxygen atoms in total. The zero-order valence-electron chi connectivity index (χ0n) is 11.7. The molecular weight excluding hydrogens is 304 g/mol. The highest BCUT2D eigenvalue weighted by molar-refractivity contribution is 9.10. The second-order valence-electron chi connectivity index (χ2n) is 6.18. The molecule has 3 heteroatoms. The Morgan fingerprint density at radius 2 is 1.67 bits per heavy atom. The molecule has 0 unspecified atom stereocenters. The van der Waals surface area contributed by atoms with E-state index in [1.54, 1.807) is 0 Å². The Morgan fingerprint density at radius 1 is 1.17 bits per heavy atom. The first-order chi connectivity index (χ1) is 8.12. The van der Waals surface area contributed by atoms with Crippen LogP contribution in [0.4, 0.5) is 0 Å². The van der Waals surface area contributed by atoms with Crippen LogP contribution < -0.4 is 0 Å². The molecule has 0 saturated heterocycles. The third-order valence-corrected chi connectivity index (χ3v) is 4.03. The molecule has 1 aromatic carbocycles. The van der Waals surface area contributed by atoms with Gasteiger partial charge >= 0.3 is 0 Å². The Kier molecular flexibility index (Phi) is 4.82. The Labute approximate surface area is 120 Å². The summed E-state index contributed by atoms with van der Waals surface area (Å²) in [7, 11) is -1.40. The quantitative estimate of drug-likeness (QED) is 0.631. The summed E-state index contributed by atoms with van der Waals surface area (Å²) in [6.07, 6.45) is -0.561. The van der Waals surface area contributed by atoms with Gasteiger partial charge in [0.1, 0.15) is 8.07 Å². The molecule has 0 radical (unpaired) electrons. The summed E-state index contributed by atoms with van der Waals surface area (Å²) < 4.78 is 1.02. The smallest absolute Gasteiger partial charge is 0.129 e. The van der Waals surface area contributed by atoms with Gasteiger partial charge in [0.05, 0.1) is 11.5 Å². The number of benzene rings is 1. The van der Waals surface area contributed by atoms with E-state index in [1.165, 1.54) is 0 Å². The van der Waals surface area contributed by atoms with Crippen LogP contribution in [-0.4, -0.2) is 13.2 Å². The van der Waals surface area contributed by atoms with Crippen molar-refractivity contribution in [1.82, 2.24) is 0 Å². The molecule has 0 aliphatic heterocycles. The highest BCUT2D eigenvalue weighted by atomic mass is 79.9. The maximum Gasteiger partial charge on any atom is 0.129 e. The topological polar surface area (TPSA) is 20.2 Å². The fraction of sp³-hybridized carbons (Fsp3) is 0.467. The highest BCUT2D eigenvalue weighted by Crippen LogP contribution is 2.33. The van der Waals surface area contributed by atoms with E-state index in [0.29, 0.717) is 0 Å². The van der Waals surface area contributed by atoms with Crippen LogP contribution in [0, 0.1) is 16.9 Å². The van der Waals surface area contributed by atoms with Crippen molar-refractivity contribution in [3.05, 3.63) is 34.3 Å². The average Bonchev–Trinajstić information content (AvgIpc) is 2.26. The lowest BCUT2D eigenvalue weighted by Gasteiger charge is -2.26. The summed E-state index contributed by atoms with van der Waals surface area (Å²) in [4.78, 5) is 0. The maximum absolute atomic E-state index is 10.4. The Morgan fingerprint density at radius 3 is 2.11 bits per heavy atom. The van der Waals surface area contributed by atoms with Crippen LogP contribution in [0.5, 0.6) is 0 Å². The van der Waals surface area contributed by atoms with Crippen LogP contribution in [0.2, 0.25) is 19.6 Å². The van der Waals surface area contributed by atoms with Crippen molar-refractivity contribution in [1.29, 1.82) is 0 Å². The van der Waals surface area contributed by atoms with Gasteiger partial charge in [-0.05, 0) is 31.5 Å². The molecule has 0 aliphatic rings. The van der Waals surface area contributed by atoms with Gasteiger partial charge in [-0.2, -0.15) is 0 Å². The maximum atomic E-state index is 10.4. The van der Waals surface area contributed by atoms with Crippen molar-refractivity contribution >= 4 is 24.0 Å². The molecule has 0 spiro atoms. The van der Waals surface area contributed by atoms with E-state index in [4.69, 9.17) is 0 Å². The minimum atomic E-state index is -1.40. The van der Waals surface area contributed by atoms with Crippen LogP contribution in [0.25, 0.3) is 0 Å². The lowest BCUT2D eigenvalue weighted by atomic mass is 9.83. The van der Waals surface area contributed by atoms with Crippen LogP contribution in [0.1, 0.15) is 25.5 Å². The van der Waals surface area contributed by atoms with Gasteiger partial charge in [-0.25, -0.2) is 0 Å². The predicted octanol–water partition coefficient (Wildman–Crippen LogP) is 4.39. The summed E-state index contributed by atoms with van der Waals surface area (Å²) in [6.45, 7) is 10.6. The lowest BCUT2D eigenvalue weighted by Crippen LogP contribution is -2.23. The van der Waals surface area contributed by atoms with Gasteiger partial charge in [0.2, 0.25) is 0 Å². The molecule has 18 heavy (non-hydrogen) atoms. The second kappa shape index (κ2) is 5.60. The van der Waals surface area contributed by atoms with Crippen molar-refractivity contribution in [3.8, 4) is 11.5 Å². The largest absolute Gasteiger partial charge is 0.387 e. The average molecular weight is 325 g/mol. The lowest BCUT2D eigenvalue weighted by molar-refractivity contribution is 0.0881. The minimum absolute atomic E-state index is 0.423. The molecule has 1 N–H and O–H groups in total. The van der Waals surface area contributed by atoms with Gasteiger partial charge in [-0.3, -0.25) is 0 Å². The fourth-order valence-corrected chi connectivity index (χ4v) is 2.44. The molecule has 98 valence electrons. The third-order valence-electron chi connectivity index (χ3n) is 2.63. The molecule has 0 bridgehead atoms. The first kappa shape index (κ1) is 15.5. The zero-order valence-corrected chi connectivity index (χ0v) is 14.3. The summed E-state index contributed by atoms with van der Waals surface area (Å²) in [5, 5.41) is 10.4. The SMILES string of the molecule is CC(C)(C#C[Si](C)(C)C)[C@H](O)c1ccc(Br)cc1. The van der Waals surface area contributed by atoms with E-state index < -0.39 is 19.6 Å². The molecule has 0 saturated carbocycles. The molecular formula is C15H21BrOSi. The van der Waals surface area contributed by atoms with Crippen LogP contribution in [0.15, 0.2) is 28.7 Å². The summed E-state index contributed by atoms with van der Waals surface area (Å²) in [5.74, 6) is 3.26. The van der Waals surface area contributed by atoms with Crippen LogP contribution in [-0.2, 0) is 0 Å². The van der Waals surface area contributed by atoms with E-state index in [0.717, 1.165) is 10.0 Å². The third kappa shape index (κ3) is 4.60. The predicted molar refractivity (Wildman–Crippen MR) is 84.0 cm³/mol. The van der Waals surface area contributed by atoms with E-state index in [-0.39, 0.29) is 0 Å². The second-order valence-corrected chi connectivity index (χ2v) is 11.8. The van der Waals surface area contributed by atoms with Gasteiger partial charge in [0.25, 0.3) is 0 Å². The summed E-state index contributed by atoms with van der Waals surface area (Å²) in [6, 6.07) is 7.76. The van der Waals surface area contributed by atoms with E-state index >= 15 is 0 Å². The fourth-order valence-electron chi connectivity index (χ4n) is 1.48. The molecule has 0 aliphatic carbocycles. The van der Waals surface area contributed by atoms with E-state index in [1.807, 2.05) is 38.1 Å². The molecule has 1 aromatic rings. The number of hydrogen-bond acceptors (Lipinski definition) is 1. The zero-order chi connectivity index (χ0) is 14.0. The van der Waals surface area contributed by atoms with Crippen LogP contribution in [0.3, 0.4) is 0 Å². The van der Waals surface area contributed by atoms with Crippen molar-refractivity contribution in [2.75, 3.05) is 0 Å². The van der Waals surface area contributed by atoms with Crippen molar-refractivity contribution in [2.45, 2.75) is 39.6 Å². The van der Waals surface area contributed by atoms with Gasteiger partial charge in [0.15, 0.2) is 0 Å². The molecule has 0 aromatic heterocycles. The van der Waals surface area contributed by atoms with Crippen molar-refractivity contribution in [3.63, 3.8) is 0 Å². The molecule has 1 rings (SSSR count). The monoisotopic (exact) mass is 324 g/mol. The van der Waals surface area contributed by atoms with Gasteiger partial charge < -0.3 is 5.11 Å². The molecule has 0 heterocycles. The van der Waals surface area contributed by atoms with E-state index in [9.17, 15) is 5.11 Å². The Balaban J connectivity index is 2.97. The number of hydrogen-bond donors (Lipinski definition) is 1. The number of rotatable bonds is 2. The van der Waals surface area contributed by atoms with Gasteiger partial charge in [0, 0.05) is 4.47 Å². The number of aliphatic hydroxyl groups excluding tert-OH is 1. The van der Waals surface area contributed by atoms with Crippen molar-refractivity contribution in [2.24, 2.45) is 5.41 Å². The van der Waals surface area contributed by atoms with Crippen molar-refractivity contribution < 1.29 is 5.11 Å². The summed E-state index contributed by atoms with van der Waals surface area (Å²) >= 11 is 3.40. The highest BCUT2D eigenvalue weighted by Gasteiger charge is 2.27. The normalized spacial score (nSPS) is 13.7. The Bertz CT molecular complexity index is 460. The minimum Gasteiger partial charge on any atom is -0.387 e. The van der Waals surface area contributed by atoms with Crippen LogP contribution >= 0.6 is 15.9 Å². The van der Waals surface area contributed by atoms with Gasteiger partial charge in [-0.15, -0.1) is 11.5 Å². The Hall–Kier alpha value is -0.563. The number of halogens is 1. The van der Waals surface area contributed by atoms with E-state index in [2.05, 4.69) is 47.0 Å². The molecule has 0 fully saturated rings. The molecule has 0 amide bonds. The summed E-state index contributed by atoms with van der Waals surface area (Å²) in [5.41, 5.74) is 3.83. The number of aliphatic hydroxyl groups is 1. The molecule has 1 atom stereocenters. The first-order valence-corrected chi connectivity index (χ1v) is 10.4. The van der Waals surface area contributed by atoms with Gasteiger partial charge in [-0.1, -0.05) is 47.7 Å². The first-order valence-electron chi connectivity index (χ1n) is 6.10.